The second-order valence-electron chi connectivity index (χ2n) is 6.23. The Morgan fingerprint density at radius 1 is 1.17 bits per heavy atom. The summed E-state index contributed by atoms with van der Waals surface area (Å²) in [5.74, 6) is 1.91. The molecule has 0 atom stereocenters. The molecular formula is C18H20N4O. The molecule has 1 saturated carbocycles. The molecule has 0 aliphatic heterocycles. The van der Waals surface area contributed by atoms with E-state index in [1.54, 1.807) is 0 Å². The smallest absolute Gasteiger partial charge is 0.261 e. The Balaban J connectivity index is 1.58. The van der Waals surface area contributed by atoms with E-state index in [2.05, 4.69) is 27.4 Å². The largest absolute Gasteiger partial charge is 0.334 e. The predicted molar refractivity (Wildman–Crippen MR) is 87.0 cm³/mol. The quantitative estimate of drug-likeness (QED) is 0.732. The standard InChI is InChI=1S/C18H20N4O/c1-13-16(11-19-22(13)12-14-7-3-2-4-8-14)18-20-17(21-23-18)15-9-5-6-10-15/h2-4,7-8,11,15H,5-6,9-10,12H2,1H3. The zero-order chi connectivity index (χ0) is 15.6. The Kier molecular flexibility index (Phi) is 3.69. The van der Waals surface area contributed by atoms with Crippen LogP contribution in [0, 0.1) is 6.92 Å². The molecule has 23 heavy (non-hydrogen) atoms. The molecule has 0 spiro atoms. The van der Waals surface area contributed by atoms with Crippen LogP contribution in [0.25, 0.3) is 11.5 Å². The summed E-state index contributed by atoms with van der Waals surface area (Å²) in [7, 11) is 0. The van der Waals surface area contributed by atoms with E-state index < -0.39 is 0 Å². The molecule has 0 saturated heterocycles. The third-order valence-corrected chi connectivity index (χ3v) is 4.67. The van der Waals surface area contributed by atoms with Crippen molar-refractivity contribution >= 4 is 0 Å². The van der Waals surface area contributed by atoms with Crippen molar-refractivity contribution < 1.29 is 4.52 Å². The van der Waals surface area contributed by atoms with Crippen molar-refractivity contribution in [2.75, 3.05) is 0 Å². The van der Waals surface area contributed by atoms with Crippen molar-refractivity contribution in [2.45, 2.75) is 45.1 Å². The highest BCUT2D eigenvalue weighted by molar-refractivity contribution is 5.55. The van der Waals surface area contributed by atoms with Gasteiger partial charge in [-0.15, -0.1) is 0 Å². The van der Waals surface area contributed by atoms with E-state index >= 15 is 0 Å². The maximum Gasteiger partial charge on any atom is 0.261 e. The Morgan fingerprint density at radius 3 is 2.74 bits per heavy atom. The van der Waals surface area contributed by atoms with Crippen LogP contribution in [0.2, 0.25) is 0 Å². The van der Waals surface area contributed by atoms with Crippen LogP contribution in [-0.4, -0.2) is 19.9 Å². The van der Waals surface area contributed by atoms with Crippen LogP contribution in [0.3, 0.4) is 0 Å². The van der Waals surface area contributed by atoms with Gasteiger partial charge in [-0.2, -0.15) is 10.1 Å². The Bertz CT molecular complexity index is 784. The topological polar surface area (TPSA) is 56.7 Å². The summed E-state index contributed by atoms with van der Waals surface area (Å²) in [5, 5.41) is 8.67. The number of aromatic nitrogens is 4. The molecule has 4 rings (SSSR count). The third-order valence-electron chi connectivity index (χ3n) is 4.67. The second-order valence-corrected chi connectivity index (χ2v) is 6.23. The van der Waals surface area contributed by atoms with Crippen molar-refractivity contribution in [1.82, 2.24) is 19.9 Å². The fourth-order valence-corrected chi connectivity index (χ4v) is 3.27. The molecule has 1 aliphatic rings. The number of benzene rings is 1. The van der Waals surface area contributed by atoms with E-state index in [0.717, 1.165) is 23.6 Å². The summed E-state index contributed by atoms with van der Waals surface area (Å²) in [4.78, 5) is 4.61. The molecule has 1 aliphatic carbocycles. The van der Waals surface area contributed by atoms with Crippen molar-refractivity contribution in [2.24, 2.45) is 0 Å². The van der Waals surface area contributed by atoms with Crippen LogP contribution >= 0.6 is 0 Å². The number of nitrogens with zero attached hydrogens (tertiary/aromatic N) is 4. The molecule has 118 valence electrons. The molecule has 0 amide bonds. The highest BCUT2D eigenvalue weighted by atomic mass is 16.5. The van der Waals surface area contributed by atoms with Gasteiger partial charge < -0.3 is 4.52 Å². The fraction of sp³-hybridized carbons (Fsp3) is 0.389. The predicted octanol–water partition coefficient (Wildman–Crippen LogP) is 3.95. The maximum atomic E-state index is 5.49. The molecule has 0 N–H and O–H groups in total. The molecular weight excluding hydrogens is 288 g/mol. The van der Waals surface area contributed by atoms with Crippen molar-refractivity contribution in [1.29, 1.82) is 0 Å². The summed E-state index contributed by atoms with van der Waals surface area (Å²) in [6.07, 6.45) is 6.70. The zero-order valence-electron chi connectivity index (χ0n) is 13.3. The van der Waals surface area contributed by atoms with Gasteiger partial charge in [0, 0.05) is 11.6 Å². The van der Waals surface area contributed by atoms with Gasteiger partial charge >= 0.3 is 0 Å². The lowest BCUT2D eigenvalue weighted by molar-refractivity contribution is 0.415. The lowest BCUT2D eigenvalue weighted by Crippen LogP contribution is -2.03. The molecule has 1 fully saturated rings. The molecule has 0 bridgehead atoms. The molecule has 0 unspecified atom stereocenters. The van der Waals surface area contributed by atoms with Gasteiger partial charge in [-0.25, -0.2) is 0 Å². The first kappa shape index (κ1) is 14.2. The summed E-state index contributed by atoms with van der Waals surface area (Å²) in [6, 6.07) is 10.3. The van der Waals surface area contributed by atoms with E-state index in [9.17, 15) is 0 Å². The van der Waals surface area contributed by atoms with E-state index in [-0.39, 0.29) is 0 Å². The van der Waals surface area contributed by atoms with Gasteiger partial charge in [0.05, 0.1) is 18.3 Å². The summed E-state index contributed by atoms with van der Waals surface area (Å²) in [6.45, 7) is 2.79. The van der Waals surface area contributed by atoms with Crippen molar-refractivity contribution in [3.8, 4) is 11.5 Å². The molecule has 2 heterocycles. The van der Waals surface area contributed by atoms with Gasteiger partial charge in [-0.1, -0.05) is 48.3 Å². The lowest BCUT2D eigenvalue weighted by atomic mass is 10.1. The molecule has 5 nitrogen and oxygen atoms in total. The monoisotopic (exact) mass is 308 g/mol. The molecule has 5 heteroatoms. The minimum atomic E-state index is 0.465. The van der Waals surface area contributed by atoms with Crippen molar-refractivity contribution in [3.05, 3.63) is 53.6 Å². The van der Waals surface area contributed by atoms with Gasteiger partial charge in [0.2, 0.25) is 0 Å². The summed E-state index contributed by atoms with van der Waals surface area (Å²) < 4.78 is 7.47. The molecule has 3 aromatic rings. The summed E-state index contributed by atoms with van der Waals surface area (Å²) >= 11 is 0. The van der Waals surface area contributed by atoms with Gasteiger partial charge in [0.25, 0.3) is 5.89 Å². The van der Waals surface area contributed by atoms with E-state index in [0.29, 0.717) is 11.8 Å². The third kappa shape index (κ3) is 2.79. The van der Waals surface area contributed by atoms with Gasteiger partial charge in [0.15, 0.2) is 5.82 Å². The van der Waals surface area contributed by atoms with E-state index in [1.807, 2.05) is 36.0 Å². The van der Waals surface area contributed by atoms with Crippen LogP contribution in [-0.2, 0) is 6.54 Å². The molecule has 0 radical (unpaired) electrons. The van der Waals surface area contributed by atoms with Gasteiger partial charge in [-0.3, -0.25) is 4.68 Å². The molecule has 2 aromatic heterocycles. The SMILES string of the molecule is Cc1c(-c2nc(C3CCCC3)no2)cnn1Cc1ccccc1. The maximum absolute atomic E-state index is 5.49. The highest BCUT2D eigenvalue weighted by Gasteiger charge is 2.23. The van der Waals surface area contributed by atoms with Gasteiger partial charge in [0.1, 0.15) is 0 Å². The number of rotatable bonds is 4. The van der Waals surface area contributed by atoms with Crippen LogP contribution in [0.1, 0.15) is 48.7 Å². The Morgan fingerprint density at radius 2 is 1.96 bits per heavy atom. The first-order valence-electron chi connectivity index (χ1n) is 8.21. The van der Waals surface area contributed by atoms with Crippen molar-refractivity contribution in [3.63, 3.8) is 0 Å². The number of hydrogen-bond acceptors (Lipinski definition) is 4. The minimum absolute atomic E-state index is 0.465. The second kappa shape index (κ2) is 5.99. The average Bonchev–Trinajstić information content (AvgIpc) is 3.30. The van der Waals surface area contributed by atoms with E-state index in [1.165, 1.54) is 31.2 Å². The first-order chi connectivity index (χ1) is 11.3. The minimum Gasteiger partial charge on any atom is -0.334 e. The average molecular weight is 308 g/mol. The normalized spacial score (nSPS) is 15.3. The Labute approximate surface area is 135 Å². The first-order valence-corrected chi connectivity index (χ1v) is 8.21. The fourth-order valence-electron chi connectivity index (χ4n) is 3.27. The zero-order valence-corrected chi connectivity index (χ0v) is 13.3. The van der Waals surface area contributed by atoms with Crippen LogP contribution in [0.5, 0.6) is 0 Å². The van der Waals surface area contributed by atoms with Crippen LogP contribution in [0.4, 0.5) is 0 Å². The molecule has 1 aromatic carbocycles. The van der Waals surface area contributed by atoms with E-state index in [4.69, 9.17) is 4.52 Å². The Hall–Kier alpha value is -2.43. The summed E-state index contributed by atoms with van der Waals surface area (Å²) in [5.41, 5.74) is 3.20. The van der Waals surface area contributed by atoms with Crippen LogP contribution in [0.15, 0.2) is 41.1 Å². The highest BCUT2D eigenvalue weighted by Crippen LogP contribution is 2.33. The van der Waals surface area contributed by atoms with Gasteiger partial charge in [-0.05, 0) is 25.3 Å². The number of hydrogen-bond donors (Lipinski definition) is 0. The lowest BCUT2D eigenvalue weighted by Gasteiger charge is -2.04. The van der Waals surface area contributed by atoms with Crippen LogP contribution < -0.4 is 0 Å².